The topological polar surface area (TPSA) is 59.2 Å². The van der Waals surface area contributed by atoms with Crippen LogP contribution in [0.1, 0.15) is 31.2 Å². The summed E-state index contributed by atoms with van der Waals surface area (Å²) in [6, 6.07) is 3.84. The van der Waals surface area contributed by atoms with Crippen LogP contribution in [0.2, 0.25) is 0 Å². The zero-order valence-corrected chi connectivity index (χ0v) is 10.2. The Bertz CT molecular complexity index is 385. The van der Waals surface area contributed by atoms with Gasteiger partial charge in [-0.05, 0) is 30.5 Å². The Kier molecular flexibility index (Phi) is 3.43. The molecular formula is C13H19N3O. The lowest BCUT2D eigenvalue weighted by Crippen LogP contribution is -2.52. The second-order valence-corrected chi connectivity index (χ2v) is 4.88. The van der Waals surface area contributed by atoms with E-state index in [0.29, 0.717) is 6.54 Å². The van der Waals surface area contributed by atoms with Gasteiger partial charge >= 0.3 is 0 Å². The normalized spacial score (nSPS) is 18.0. The summed E-state index contributed by atoms with van der Waals surface area (Å²) in [4.78, 5) is 17.9. The van der Waals surface area contributed by atoms with Gasteiger partial charge in [-0.3, -0.25) is 9.78 Å². The lowest BCUT2D eigenvalue weighted by molar-refractivity contribution is -0.136. The van der Waals surface area contributed by atoms with E-state index in [9.17, 15) is 4.79 Å². The molecule has 2 rings (SSSR count). The Morgan fingerprint density at radius 1 is 1.41 bits per heavy atom. The van der Waals surface area contributed by atoms with Gasteiger partial charge in [0.25, 0.3) is 0 Å². The summed E-state index contributed by atoms with van der Waals surface area (Å²) in [7, 11) is 1.82. The lowest BCUT2D eigenvalue weighted by atomic mass is 9.97. The van der Waals surface area contributed by atoms with Crippen molar-refractivity contribution in [2.75, 3.05) is 7.05 Å². The minimum absolute atomic E-state index is 0.0619. The summed E-state index contributed by atoms with van der Waals surface area (Å²) in [6.45, 7) is 0.598. The molecule has 1 amide bonds. The molecule has 0 radical (unpaired) electrons. The van der Waals surface area contributed by atoms with Gasteiger partial charge in [-0.15, -0.1) is 0 Å². The maximum Gasteiger partial charge on any atom is 0.242 e. The first kappa shape index (κ1) is 12.0. The van der Waals surface area contributed by atoms with Gasteiger partial charge in [0.1, 0.15) is 0 Å². The molecule has 0 atom stereocenters. The van der Waals surface area contributed by atoms with Crippen LogP contribution in [0.4, 0.5) is 0 Å². The zero-order chi connectivity index (χ0) is 12.3. The molecule has 1 aromatic rings. The van der Waals surface area contributed by atoms with E-state index in [4.69, 9.17) is 5.73 Å². The van der Waals surface area contributed by atoms with E-state index in [2.05, 4.69) is 4.98 Å². The molecule has 1 fully saturated rings. The zero-order valence-electron chi connectivity index (χ0n) is 10.2. The van der Waals surface area contributed by atoms with Crippen LogP contribution >= 0.6 is 0 Å². The number of nitrogens with two attached hydrogens (primary N) is 1. The van der Waals surface area contributed by atoms with E-state index in [-0.39, 0.29) is 5.91 Å². The minimum atomic E-state index is -0.623. The highest BCUT2D eigenvalue weighted by Crippen LogP contribution is 2.29. The summed E-state index contributed by atoms with van der Waals surface area (Å²) in [5, 5.41) is 0. The van der Waals surface area contributed by atoms with Crippen molar-refractivity contribution in [3.05, 3.63) is 30.1 Å². The van der Waals surface area contributed by atoms with Crippen molar-refractivity contribution in [2.24, 2.45) is 5.73 Å². The number of amides is 1. The molecule has 2 N–H and O–H groups in total. The average molecular weight is 233 g/mol. The van der Waals surface area contributed by atoms with Gasteiger partial charge < -0.3 is 10.6 Å². The van der Waals surface area contributed by atoms with Crippen molar-refractivity contribution in [2.45, 2.75) is 37.8 Å². The SMILES string of the molecule is CN(Cc1ccncc1)C(=O)C1(N)CCCC1. The maximum absolute atomic E-state index is 12.3. The van der Waals surface area contributed by atoms with E-state index in [1.54, 1.807) is 17.3 Å². The lowest BCUT2D eigenvalue weighted by Gasteiger charge is -2.28. The Morgan fingerprint density at radius 2 is 2.00 bits per heavy atom. The number of hydrogen-bond donors (Lipinski definition) is 1. The van der Waals surface area contributed by atoms with Gasteiger partial charge in [-0.2, -0.15) is 0 Å². The average Bonchev–Trinajstić information content (AvgIpc) is 2.78. The van der Waals surface area contributed by atoms with Crippen LogP contribution in [-0.4, -0.2) is 28.4 Å². The number of nitrogens with zero attached hydrogens (tertiary/aromatic N) is 2. The molecule has 0 aromatic carbocycles. The third-order valence-electron chi connectivity index (χ3n) is 3.44. The van der Waals surface area contributed by atoms with E-state index >= 15 is 0 Å². The fraction of sp³-hybridized carbons (Fsp3) is 0.538. The van der Waals surface area contributed by atoms with E-state index in [1.165, 1.54) is 0 Å². The number of pyridine rings is 1. The number of rotatable bonds is 3. The highest BCUT2D eigenvalue weighted by molar-refractivity contribution is 5.86. The molecule has 0 unspecified atom stereocenters. The van der Waals surface area contributed by atoms with Crippen LogP contribution in [0, 0.1) is 0 Å². The second-order valence-electron chi connectivity index (χ2n) is 4.88. The number of likely N-dealkylation sites (N-methyl/N-ethyl adjacent to an activating group) is 1. The second kappa shape index (κ2) is 4.84. The van der Waals surface area contributed by atoms with Crippen molar-refractivity contribution in [3.8, 4) is 0 Å². The Morgan fingerprint density at radius 3 is 2.59 bits per heavy atom. The summed E-state index contributed by atoms with van der Waals surface area (Å²) in [6.07, 6.45) is 7.22. The maximum atomic E-state index is 12.3. The molecule has 1 saturated carbocycles. The van der Waals surface area contributed by atoms with Gasteiger partial charge in [0.05, 0.1) is 5.54 Å². The number of hydrogen-bond acceptors (Lipinski definition) is 3. The molecule has 1 heterocycles. The standard InChI is InChI=1S/C13H19N3O/c1-16(10-11-4-8-15-9-5-11)12(17)13(14)6-2-3-7-13/h4-5,8-9H,2-3,6-7,10,14H2,1H3. The fourth-order valence-electron chi connectivity index (χ4n) is 2.43. The van der Waals surface area contributed by atoms with Crippen LogP contribution in [0.5, 0.6) is 0 Å². The first-order valence-corrected chi connectivity index (χ1v) is 6.05. The highest BCUT2D eigenvalue weighted by atomic mass is 16.2. The third-order valence-corrected chi connectivity index (χ3v) is 3.44. The van der Waals surface area contributed by atoms with E-state index < -0.39 is 5.54 Å². The summed E-state index contributed by atoms with van der Waals surface area (Å²) >= 11 is 0. The molecule has 0 aliphatic heterocycles. The van der Waals surface area contributed by atoms with Crippen LogP contribution in [0.15, 0.2) is 24.5 Å². The fourth-order valence-corrected chi connectivity index (χ4v) is 2.43. The quantitative estimate of drug-likeness (QED) is 0.856. The number of aromatic nitrogens is 1. The smallest absolute Gasteiger partial charge is 0.242 e. The van der Waals surface area contributed by atoms with Crippen molar-refractivity contribution in [1.29, 1.82) is 0 Å². The molecule has 0 bridgehead atoms. The largest absolute Gasteiger partial charge is 0.340 e. The molecule has 92 valence electrons. The van der Waals surface area contributed by atoms with E-state index in [0.717, 1.165) is 31.2 Å². The highest BCUT2D eigenvalue weighted by Gasteiger charge is 2.38. The summed E-state index contributed by atoms with van der Waals surface area (Å²) < 4.78 is 0. The van der Waals surface area contributed by atoms with Gasteiger partial charge in [-0.25, -0.2) is 0 Å². The van der Waals surface area contributed by atoms with Crippen LogP contribution < -0.4 is 5.73 Å². The van der Waals surface area contributed by atoms with Gasteiger partial charge in [-0.1, -0.05) is 12.8 Å². The monoisotopic (exact) mass is 233 g/mol. The summed E-state index contributed by atoms with van der Waals surface area (Å²) in [5.74, 6) is 0.0619. The van der Waals surface area contributed by atoms with Crippen molar-refractivity contribution >= 4 is 5.91 Å². The van der Waals surface area contributed by atoms with Crippen LogP contribution in [-0.2, 0) is 11.3 Å². The predicted molar refractivity (Wildman–Crippen MR) is 66.1 cm³/mol. The molecule has 4 nitrogen and oxygen atoms in total. The number of carbonyl (C=O) groups is 1. The Hall–Kier alpha value is -1.42. The molecule has 17 heavy (non-hydrogen) atoms. The first-order chi connectivity index (χ1) is 8.12. The number of carbonyl (C=O) groups excluding carboxylic acids is 1. The first-order valence-electron chi connectivity index (χ1n) is 6.05. The van der Waals surface area contributed by atoms with Gasteiger partial charge in [0.2, 0.25) is 5.91 Å². The predicted octanol–water partition coefficient (Wildman–Crippen LogP) is 1.31. The van der Waals surface area contributed by atoms with Gasteiger partial charge in [0, 0.05) is 26.0 Å². The van der Waals surface area contributed by atoms with Crippen LogP contribution in [0.3, 0.4) is 0 Å². The summed E-state index contributed by atoms with van der Waals surface area (Å²) in [5.41, 5.74) is 6.61. The molecule has 1 aromatic heterocycles. The molecule has 0 spiro atoms. The van der Waals surface area contributed by atoms with Crippen molar-refractivity contribution < 1.29 is 4.79 Å². The Labute approximate surface area is 102 Å². The molecule has 0 saturated heterocycles. The molecular weight excluding hydrogens is 214 g/mol. The third kappa shape index (κ3) is 2.64. The molecule has 1 aliphatic carbocycles. The minimum Gasteiger partial charge on any atom is -0.340 e. The van der Waals surface area contributed by atoms with Gasteiger partial charge in [0.15, 0.2) is 0 Å². The van der Waals surface area contributed by atoms with Crippen molar-refractivity contribution in [1.82, 2.24) is 9.88 Å². The molecule has 4 heteroatoms. The van der Waals surface area contributed by atoms with E-state index in [1.807, 2.05) is 19.2 Å². The Balaban J connectivity index is 2.00. The van der Waals surface area contributed by atoms with Crippen molar-refractivity contribution in [3.63, 3.8) is 0 Å². The molecule has 1 aliphatic rings. The van der Waals surface area contributed by atoms with Crippen LogP contribution in [0.25, 0.3) is 0 Å².